The summed E-state index contributed by atoms with van der Waals surface area (Å²) in [6.45, 7) is 15.6. The lowest BCUT2D eigenvalue weighted by Crippen LogP contribution is -2.30. The molecule has 0 unspecified atom stereocenters. The number of rotatable bonds is 42. The van der Waals surface area contributed by atoms with Crippen molar-refractivity contribution in [2.45, 2.75) is 240 Å². The van der Waals surface area contributed by atoms with E-state index in [0.717, 1.165) is 77.4 Å². The molecule has 53 heavy (non-hydrogen) atoms. The first-order valence-electron chi connectivity index (χ1n) is 23.4. The molecule has 6 nitrogen and oxygen atoms in total. The summed E-state index contributed by atoms with van der Waals surface area (Å²) < 4.78 is 11.3. The highest BCUT2D eigenvalue weighted by atomic mass is 16.5. The molecule has 0 bridgehead atoms. The fourth-order valence-electron chi connectivity index (χ4n) is 7.57. The van der Waals surface area contributed by atoms with Gasteiger partial charge in [0.05, 0.1) is 19.8 Å². The summed E-state index contributed by atoms with van der Waals surface area (Å²) in [5.74, 6) is 0.512. The number of nitrogens with zero attached hydrogens (tertiary/aromatic N) is 1. The highest BCUT2D eigenvalue weighted by molar-refractivity contribution is 5.69. The second-order valence-electron chi connectivity index (χ2n) is 17.2. The molecule has 0 saturated carbocycles. The van der Waals surface area contributed by atoms with Crippen LogP contribution < -0.4 is 0 Å². The van der Waals surface area contributed by atoms with Crippen molar-refractivity contribution in [1.82, 2.24) is 4.90 Å². The van der Waals surface area contributed by atoms with Crippen molar-refractivity contribution < 1.29 is 24.2 Å². The van der Waals surface area contributed by atoms with Gasteiger partial charge >= 0.3 is 11.9 Å². The summed E-state index contributed by atoms with van der Waals surface area (Å²) in [6.07, 6.45) is 37.6. The summed E-state index contributed by atoms with van der Waals surface area (Å²) in [7, 11) is 0. The topological polar surface area (TPSA) is 76.1 Å². The van der Waals surface area contributed by atoms with Crippen LogP contribution >= 0.6 is 0 Å². The van der Waals surface area contributed by atoms with E-state index in [4.69, 9.17) is 9.47 Å². The van der Waals surface area contributed by atoms with Crippen molar-refractivity contribution in [2.24, 2.45) is 11.3 Å². The van der Waals surface area contributed by atoms with Gasteiger partial charge in [-0.25, -0.2) is 0 Å². The third kappa shape index (κ3) is 37.6. The predicted octanol–water partition coefficient (Wildman–Crippen LogP) is 13.6. The standard InChI is InChI=1S/C47H93NO5/c1-6-9-12-15-16-17-22-27-34-45(50)52-42-31-37-47(4,5)36-30-39-48(40-41-49)38-29-24-19-18-23-28-35-46(51)53-43-44(32-25-20-13-10-7-2)33-26-21-14-11-8-3/h44,49H,6-43H2,1-5H3. The van der Waals surface area contributed by atoms with Gasteiger partial charge in [0.2, 0.25) is 0 Å². The maximum atomic E-state index is 12.5. The summed E-state index contributed by atoms with van der Waals surface area (Å²) >= 11 is 0. The monoisotopic (exact) mass is 752 g/mol. The van der Waals surface area contributed by atoms with Gasteiger partial charge in [0.1, 0.15) is 0 Å². The van der Waals surface area contributed by atoms with E-state index in [1.807, 2.05) is 0 Å². The molecule has 0 atom stereocenters. The number of aliphatic hydroxyl groups excluding tert-OH is 1. The van der Waals surface area contributed by atoms with Gasteiger partial charge in [0.25, 0.3) is 0 Å². The van der Waals surface area contributed by atoms with E-state index in [1.54, 1.807) is 0 Å². The van der Waals surface area contributed by atoms with Crippen LogP contribution in [0, 0.1) is 11.3 Å². The maximum absolute atomic E-state index is 12.5. The Balaban J connectivity index is 4.01. The van der Waals surface area contributed by atoms with Gasteiger partial charge in [-0.05, 0) is 82.2 Å². The molecule has 0 aliphatic carbocycles. The molecule has 0 aliphatic heterocycles. The van der Waals surface area contributed by atoms with Crippen LogP contribution in [0.4, 0.5) is 0 Å². The maximum Gasteiger partial charge on any atom is 0.305 e. The van der Waals surface area contributed by atoms with Gasteiger partial charge in [-0.1, -0.05) is 169 Å². The van der Waals surface area contributed by atoms with E-state index in [9.17, 15) is 14.7 Å². The Morgan fingerprint density at radius 3 is 1.43 bits per heavy atom. The van der Waals surface area contributed by atoms with Crippen LogP contribution in [0.5, 0.6) is 0 Å². The zero-order chi connectivity index (χ0) is 39.1. The lowest BCUT2D eigenvalue weighted by Gasteiger charge is -2.27. The number of aliphatic hydroxyl groups is 1. The number of hydrogen-bond donors (Lipinski definition) is 1. The molecule has 6 heteroatoms. The molecule has 0 aromatic rings. The van der Waals surface area contributed by atoms with Crippen LogP contribution in [0.25, 0.3) is 0 Å². The first kappa shape index (κ1) is 51.9. The van der Waals surface area contributed by atoms with E-state index in [2.05, 4.69) is 39.5 Å². The Hall–Kier alpha value is -1.14. The third-order valence-electron chi connectivity index (χ3n) is 11.3. The van der Waals surface area contributed by atoms with Crippen molar-refractivity contribution in [3.8, 4) is 0 Å². The lowest BCUT2D eigenvalue weighted by molar-refractivity contribution is -0.145. The first-order chi connectivity index (χ1) is 25.8. The summed E-state index contributed by atoms with van der Waals surface area (Å²) in [4.78, 5) is 27.0. The summed E-state index contributed by atoms with van der Waals surface area (Å²) in [5.41, 5.74) is 0.227. The van der Waals surface area contributed by atoms with E-state index >= 15 is 0 Å². The second-order valence-corrected chi connectivity index (χ2v) is 17.2. The minimum atomic E-state index is -0.0286. The predicted molar refractivity (Wildman–Crippen MR) is 227 cm³/mol. The Morgan fingerprint density at radius 1 is 0.509 bits per heavy atom. The number of unbranched alkanes of at least 4 members (excludes halogenated alkanes) is 20. The molecule has 0 aromatic carbocycles. The van der Waals surface area contributed by atoms with Gasteiger partial charge < -0.3 is 19.5 Å². The minimum Gasteiger partial charge on any atom is -0.466 e. The molecule has 0 aromatic heterocycles. The van der Waals surface area contributed by atoms with Crippen LogP contribution in [-0.2, 0) is 19.1 Å². The molecular weight excluding hydrogens is 659 g/mol. The van der Waals surface area contributed by atoms with E-state index in [1.165, 1.54) is 135 Å². The van der Waals surface area contributed by atoms with Crippen molar-refractivity contribution in [3.05, 3.63) is 0 Å². The Morgan fingerprint density at radius 2 is 0.925 bits per heavy atom. The molecule has 1 N–H and O–H groups in total. The van der Waals surface area contributed by atoms with Gasteiger partial charge in [0, 0.05) is 19.4 Å². The molecule has 0 heterocycles. The molecule has 0 rings (SSSR count). The second kappa shape index (κ2) is 39.1. The Kier molecular flexibility index (Phi) is 38.3. The van der Waals surface area contributed by atoms with Gasteiger partial charge in [-0.2, -0.15) is 0 Å². The fraction of sp³-hybridized carbons (Fsp3) is 0.957. The Labute approximate surface area is 331 Å². The normalized spacial score (nSPS) is 11.9. The van der Waals surface area contributed by atoms with Gasteiger partial charge in [-0.3, -0.25) is 9.59 Å². The zero-order valence-electron chi connectivity index (χ0n) is 36.5. The summed E-state index contributed by atoms with van der Waals surface area (Å²) in [6, 6.07) is 0. The van der Waals surface area contributed by atoms with Gasteiger partial charge in [-0.15, -0.1) is 0 Å². The van der Waals surface area contributed by atoms with Crippen molar-refractivity contribution in [3.63, 3.8) is 0 Å². The Bertz CT molecular complexity index is 773. The molecular formula is C47H93NO5. The smallest absolute Gasteiger partial charge is 0.305 e. The van der Waals surface area contributed by atoms with Crippen molar-refractivity contribution >= 4 is 11.9 Å². The highest BCUT2D eigenvalue weighted by Gasteiger charge is 2.18. The van der Waals surface area contributed by atoms with E-state index in [0.29, 0.717) is 32.0 Å². The largest absolute Gasteiger partial charge is 0.466 e. The number of carbonyl (C=O) groups excluding carboxylic acids is 2. The quantitative estimate of drug-likeness (QED) is 0.0494. The third-order valence-corrected chi connectivity index (χ3v) is 11.3. The van der Waals surface area contributed by atoms with E-state index < -0.39 is 0 Å². The van der Waals surface area contributed by atoms with Crippen LogP contribution in [0.3, 0.4) is 0 Å². The zero-order valence-corrected chi connectivity index (χ0v) is 36.5. The first-order valence-corrected chi connectivity index (χ1v) is 23.4. The summed E-state index contributed by atoms with van der Waals surface area (Å²) in [5, 5.41) is 9.63. The van der Waals surface area contributed by atoms with E-state index in [-0.39, 0.29) is 24.0 Å². The SMILES string of the molecule is CCCCCCCCCCC(=O)OCCCC(C)(C)CCCN(CCO)CCCCCCCCC(=O)OCC(CCCCCCC)CCCCCCC. The van der Waals surface area contributed by atoms with Crippen LogP contribution in [0.1, 0.15) is 240 Å². The molecule has 316 valence electrons. The fourth-order valence-corrected chi connectivity index (χ4v) is 7.57. The lowest BCUT2D eigenvalue weighted by atomic mass is 9.83. The number of esters is 2. The molecule has 0 spiro atoms. The number of hydrogen-bond acceptors (Lipinski definition) is 6. The average molecular weight is 752 g/mol. The van der Waals surface area contributed by atoms with Crippen LogP contribution in [-0.4, -0.2) is 61.4 Å². The number of ether oxygens (including phenoxy) is 2. The van der Waals surface area contributed by atoms with Crippen molar-refractivity contribution in [2.75, 3.05) is 39.5 Å². The van der Waals surface area contributed by atoms with Crippen LogP contribution in [0.15, 0.2) is 0 Å². The molecule has 0 aliphatic rings. The highest BCUT2D eigenvalue weighted by Crippen LogP contribution is 2.28. The molecule has 0 fully saturated rings. The number of carbonyl (C=O) groups is 2. The molecule has 0 radical (unpaired) electrons. The molecule has 0 saturated heterocycles. The average Bonchev–Trinajstić information content (AvgIpc) is 3.13. The molecule has 0 amide bonds. The van der Waals surface area contributed by atoms with Crippen molar-refractivity contribution in [1.29, 1.82) is 0 Å². The van der Waals surface area contributed by atoms with Gasteiger partial charge in [0.15, 0.2) is 0 Å². The minimum absolute atomic E-state index is 0.00238. The van der Waals surface area contributed by atoms with Crippen LogP contribution in [0.2, 0.25) is 0 Å².